The van der Waals surface area contributed by atoms with Crippen LogP contribution in [-0.4, -0.2) is 41.7 Å². The topological polar surface area (TPSA) is 49.8 Å². The smallest absolute Gasteiger partial charge is 0.320 e. The molecule has 3 rings (SSSR count). The summed E-state index contributed by atoms with van der Waals surface area (Å²) in [5, 5.41) is 9.76. The number of hydrogen-bond donors (Lipinski definition) is 1. The first-order valence-corrected chi connectivity index (χ1v) is 9.55. The number of hydrogen-bond acceptors (Lipinski definition) is 4. The van der Waals surface area contributed by atoms with E-state index in [9.17, 15) is 14.3 Å². The van der Waals surface area contributed by atoms with E-state index in [2.05, 4.69) is 0 Å². The first-order valence-electron chi connectivity index (χ1n) is 8.36. The Morgan fingerprint density at radius 3 is 2.92 bits per heavy atom. The minimum atomic E-state index is -0.785. The fourth-order valence-electron chi connectivity index (χ4n) is 3.00. The predicted molar refractivity (Wildman–Crippen MR) is 99.7 cm³/mol. The zero-order valence-electron chi connectivity index (χ0n) is 14.0. The monoisotopic (exact) mass is 395 g/mol. The minimum absolute atomic E-state index is 0.307. The van der Waals surface area contributed by atoms with Gasteiger partial charge in [-0.3, -0.25) is 9.69 Å². The summed E-state index contributed by atoms with van der Waals surface area (Å²) in [6.07, 6.45) is 1.56. The van der Waals surface area contributed by atoms with Gasteiger partial charge in [0.2, 0.25) is 0 Å². The van der Waals surface area contributed by atoms with Crippen LogP contribution in [0, 0.1) is 5.82 Å². The summed E-state index contributed by atoms with van der Waals surface area (Å²) in [6.45, 7) is 1.66. The molecule has 1 aliphatic rings. The maximum absolute atomic E-state index is 13.4. The van der Waals surface area contributed by atoms with Gasteiger partial charge in [-0.2, -0.15) is 0 Å². The number of aliphatic carboxylic acids is 1. The predicted octanol–water partition coefficient (Wildman–Crippen LogP) is 4.56. The van der Waals surface area contributed by atoms with Crippen molar-refractivity contribution >= 4 is 29.3 Å². The zero-order valence-corrected chi connectivity index (χ0v) is 15.6. The van der Waals surface area contributed by atoms with E-state index >= 15 is 0 Å². The van der Waals surface area contributed by atoms with Crippen molar-refractivity contribution in [2.24, 2.45) is 0 Å². The number of ether oxygens (including phenoxy) is 1. The van der Waals surface area contributed by atoms with Crippen LogP contribution in [0.2, 0.25) is 5.02 Å². The van der Waals surface area contributed by atoms with Crippen LogP contribution in [0.15, 0.2) is 52.3 Å². The van der Waals surface area contributed by atoms with Crippen molar-refractivity contribution in [2.75, 3.05) is 19.7 Å². The SMILES string of the molecule is O=C(O)C1CCCN1CCOc1cccc(Cl)c1Sc1cccc(F)c1. The van der Waals surface area contributed by atoms with Gasteiger partial charge < -0.3 is 9.84 Å². The van der Waals surface area contributed by atoms with Gasteiger partial charge in [0.25, 0.3) is 0 Å². The highest BCUT2D eigenvalue weighted by molar-refractivity contribution is 7.99. The molecule has 1 heterocycles. The van der Waals surface area contributed by atoms with Crippen molar-refractivity contribution in [1.29, 1.82) is 0 Å². The van der Waals surface area contributed by atoms with Crippen LogP contribution in [0.25, 0.3) is 0 Å². The van der Waals surface area contributed by atoms with E-state index in [-0.39, 0.29) is 5.82 Å². The third-order valence-corrected chi connectivity index (χ3v) is 5.77. The van der Waals surface area contributed by atoms with Crippen molar-refractivity contribution in [2.45, 2.75) is 28.7 Å². The molecule has 26 heavy (non-hydrogen) atoms. The second-order valence-electron chi connectivity index (χ2n) is 6.01. The molecule has 0 spiro atoms. The van der Waals surface area contributed by atoms with E-state index in [4.69, 9.17) is 16.3 Å². The van der Waals surface area contributed by atoms with Crippen LogP contribution in [0.4, 0.5) is 4.39 Å². The van der Waals surface area contributed by atoms with E-state index in [0.29, 0.717) is 30.3 Å². The quantitative estimate of drug-likeness (QED) is 0.744. The molecule has 1 aliphatic heterocycles. The highest BCUT2D eigenvalue weighted by atomic mass is 35.5. The third-order valence-electron chi connectivity index (χ3n) is 4.23. The molecule has 0 aliphatic carbocycles. The summed E-state index contributed by atoms with van der Waals surface area (Å²) in [4.78, 5) is 14.6. The van der Waals surface area contributed by atoms with Crippen molar-refractivity contribution in [1.82, 2.24) is 4.90 Å². The lowest BCUT2D eigenvalue weighted by Gasteiger charge is -2.21. The molecule has 1 fully saturated rings. The van der Waals surface area contributed by atoms with Gasteiger partial charge in [-0.15, -0.1) is 0 Å². The van der Waals surface area contributed by atoms with Gasteiger partial charge >= 0.3 is 5.97 Å². The molecule has 0 aromatic heterocycles. The fourth-order valence-corrected chi connectivity index (χ4v) is 4.22. The third kappa shape index (κ3) is 4.69. The normalized spacial score (nSPS) is 17.4. The number of carboxylic acid groups (broad SMARTS) is 1. The molecule has 2 aromatic carbocycles. The first kappa shape index (κ1) is 19.0. The van der Waals surface area contributed by atoms with Gasteiger partial charge in [0.05, 0.1) is 9.92 Å². The molecule has 1 N–H and O–H groups in total. The average molecular weight is 396 g/mol. The molecule has 7 heteroatoms. The van der Waals surface area contributed by atoms with Crippen LogP contribution in [0.1, 0.15) is 12.8 Å². The van der Waals surface area contributed by atoms with E-state index < -0.39 is 12.0 Å². The number of likely N-dealkylation sites (tertiary alicyclic amines) is 1. The Hall–Kier alpha value is -1.76. The van der Waals surface area contributed by atoms with Crippen molar-refractivity contribution in [3.8, 4) is 5.75 Å². The highest BCUT2D eigenvalue weighted by Gasteiger charge is 2.30. The summed E-state index contributed by atoms with van der Waals surface area (Å²) >= 11 is 7.65. The zero-order chi connectivity index (χ0) is 18.5. The van der Waals surface area contributed by atoms with Crippen molar-refractivity contribution < 1.29 is 19.0 Å². The van der Waals surface area contributed by atoms with Gasteiger partial charge in [-0.25, -0.2) is 4.39 Å². The van der Waals surface area contributed by atoms with E-state index in [1.807, 2.05) is 17.0 Å². The minimum Gasteiger partial charge on any atom is -0.491 e. The standard InChI is InChI=1S/C19H19ClFNO3S/c20-15-6-2-8-17(18(15)26-14-5-1-4-13(21)12-14)25-11-10-22-9-3-7-16(22)19(23)24/h1-2,4-6,8,12,16H,3,7,9-11H2,(H,23,24). The lowest BCUT2D eigenvalue weighted by Crippen LogP contribution is -2.38. The molecule has 1 saturated heterocycles. The highest BCUT2D eigenvalue weighted by Crippen LogP contribution is 2.40. The maximum atomic E-state index is 13.4. The van der Waals surface area contributed by atoms with Crippen molar-refractivity contribution in [3.63, 3.8) is 0 Å². The Kier molecular flexibility index (Phi) is 6.40. The Balaban J connectivity index is 1.66. The Bertz CT molecular complexity index is 789. The van der Waals surface area contributed by atoms with Crippen LogP contribution in [0.3, 0.4) is 0 Å². The summed E-state index contributed by atoms with van der Waals surface area (Å²) in [7, 11) is 0. The van der Waals surface area contributed by atoms with Gasteiger partial charge in [-0.1, -0.05) is 35.5 Å². The number of rotatable bonds is 7. The Morgan fingerprint density at radius 1 is 1.35 bits per heavy atom. The molecule has 138 valence electrons. The average Bonchev–Trinajstić information content (AvgIpc) is 3.07. The lowest BCUT2D eigenvalue weighted by atomic mass is 10.2. The maximum Gasteiger partial charge on any atom is 0.320 e. The number of carboxylic acids is 1. The molecular weight excluding hydrogens is 377 g/mol. The Morgan fingerprint density at radius 2 is 2.15 bits per heavy atom. The molecular formula is C19H19ClFNO3S. The first-order chi connectivity index (χ1) is 12.5. The Labute approximate surface area is 160 Å². The fraction of sp³-hybridized carbons (Fsp3) is 0.316. The van der Waals surface area contributed by atoms with Gasteiger partial charge in [0.15, 0.2) is 0 Å². The van der Waals surface area contributed by atoms with Gasteiger partial charge in [0.1, 0.15) is 24.2 Å². The van der Waals surface area contributed by atoms with Crippen LogP contribution in [-0.2, 0) is 4.79 Å². The molecule has 2 aromatic rings. The van der Waals surface area contributed by atoms with Crippen molar-refractivity contribution in [3.05, 3.63) is 53.3 Å². The summed E-state index contributed by atoms with van der Waals surface area (Å²) < 4.78 is 19.3. The van der Waals surface area contributed by atoms with E-state index in [1.54, 1.807) is 18.2 Å². The number of nitrogens with zero attached hydrogens (tertiary/aromatic N) is 1. The van der Waals surface area contributed by atoms with E-state index in [0.717, 1.165) is 22.8 Å². The second-order valence-corrected chi connectivity index (χ2v) is 7.50. The van der Waals surface area contributed by atoms with Crippen LogP contribution in [0.5, 0.6) is 5.75 Å². The van der Waals surface area contributed by atoms with Crippen LogP contribution < -0.4 is 4.74 Å². The number of halogens is 2. The lowest BCUT2D eigenvalue weighted by molar-refractivity contribution is -0.142. The molecule has 1 unspecified atom stereocenters. The molecule has 4 nitrogen and oxygen atoms in total. The second kappa shape index (κ2) is 8.75. The molecule has 0 bridgehead atoms. The van der Waals surface area contributed by atoms with Gasteiger partial charge in [-0.05, 0) is 49.7 Å². The van der Waals surface area contributed by atoms with Gasteiger partial charge in [0, 0.05) is 11.4 Å². The number of carbonyl (C=O) groups is 1. The molecule has 1 atom stereocenters. The summed E-state index contributed by atoms with van der Waals surface area (Å²) in [6, 6.07) is 11.2. The summed E-state index contributed by atoms with van der Waals surface area (Å²) in [5.41, 5.74) is 0. The molecule has 0 radical (unpaired) electrons. The number of benzene rings is 2. The largest absolute Gasteiger partial charge is 0.491 e. The molecule has 0 amide bonds. The van der Waals surface area contributed by atoms with Crippen LogP contribution >= 0.6 is 23.4 Å². The summed E-state index contributed by atoms with van der Waals surface area (Å²) in [5.74, 6) is -0.483. The molecule has 0 saturated carbocycles. The van der Waals surface area contributed by atoms with E-state index in [1.165, 1.54) is 23.9 Å².